The van der Waals surface area contributed by atoms with Crippen LogP contribution >= 0.6 is 0 Å². The molecule has 4 nitrogen and oxygen atoms in total. The molecule has 0 saturated carbocycles. The van der Waals surface area contributed by atoms with Crippen molar-refractivity contribution in [3.8, 4) is 11.5 Å². The maximum absolute atomic E-state index is 12.7. The molecule has 0 aliphatic heterocycles. The summed E-state index contributed by atoms with van der Waals surface area (Å²) in [5, 5.41) is 1.98. The third-order valence-electron chi connectivity index (χ3n) is 4.84. The summed E-state index contributed by atoms with van der Waals surface area (Å²) in [4.78, 5) is 12.7. The van der Waals surface area contributed by atoms with E-state index >= 15 is 0 Å². The van der Waals surface area contributed by atoms with Gasteiger partial charge in [0, 0.05) is 5.39 Å². The van der Waals surface area contributed by atoms with E-state index in [-0.39, 0.29) is 5.78 Å². The number of hydrogen-bond acceptors (Lipinski definition) is 4. The van der Waals surface area contributed by atoms with Crippen LogP contribution in [0, 0.1) is 6.92 Å². The molecule has 0 aromatic heterocycles. The van der Waals surface area contributed by atoms with E-state index in [1.807, 2.05) is 39.0 Å². The standard InChI is InChI=1S/C20H22O4/c1-11-7-14-12(8-16(11)22-4)13-9-18(24-6)19(21)20(2,3)15(13)10-17(14)23-5/h7-10H,1-6H3. The number of benzene rings is 2. The molecule has 0 N–H and O–H groups in total. The number of aryl methyl sites for hydroxylation is 1. The summed E-state index contributed by atoms with van der Waals surface area (Å²) in [5.74, 6) is 1.90. The topological polar surface area (TPSA) is 44.8 Å². The lowest BCUT2D eigenvalue weighted by molar-refractivity contribution is -0.122. The maximum Gasteiger partial charge on any atom is 0.207 e. The smallest absolute Gasteiger partial charge is 0.207 e. The third kappa shape index (κ3) is 2.17. The highest BCUT2D eigenvalue weighted by Gasteiger charge is 2.39. The molecule has 126 valence electrons. The Kier molecular flexibility index (Phi) is 3.78. The number of ether oxygens (including phenoxy) is 3. The van der Waals surface area contributed by atoms with Gasteiger partial charge >= 0.3 is 0 Å². The van der Waals surface area contributed by atoms with Gasteiger partial charge in [-0.3, -0.25) is 4.79 Å². The highest BCUT2D eigenvalue weighted by molar-refractivity contribution is 6.11. The van der Waals surface area contributed by atoms with Crippen LogP contribution in [-0.2, 0) is 14.9 Å². The minimum absolute atomic E-state index is 0.0296. The lowest BCUT2D eigenvalue weighted by Crippen LogP contribution is -2.34. The van der Waals surface area contributed by atoms with Crippen LogP contribution in [-0.4, -0.2) is 27.1 Å². The molecule has 1 aliphatic rings. The minimum atomic E-state index is -0.685. The van der Waals surface area contributed by atoms with E-state index in [0.717, 1.165) is 39.0 Å². The predicted octanol–water partition coefficient (Wildman–Crippen LogP) is 4.01. The number of Topliss-reactive ketones (excluding diaryl/α,β-unsaturated/α-hetero) is 1. The van der Waals surface area contributed by atoms with Gasteiger partial charge in [-0.1, -0.05) is 0 Å². The van der Waals surface area contributed by atoms with E-state index in [1.54, 1.807) is 14.2 Å². The SMILES string of the molecule is COC1=Cc2c(cc(OC)c3cc(C)c(OC)cc23)C(C)(C)C1=O. The molecule has 0 fully saturated rings. The van der Waals surface area contributed by atoms with Crippen molar-refractivity contribution in [1.82, 2.24) is 0 Å². The van der Waals surface area contributed by atoms with Crippen molar-refractivity contribution in [2.45, 2.75) is 26.2 Å². The molecular formula is C20H22O4. The number of fused-ring (bicyclic) bond motifs is 3. The number of carbonyl (C=O) groups is 1. The Balaban J connectivity index is 2.48. The average molecular weight is 326 g/mol. The van der Waals surface area contributed by atoms with Gasteiger partial charge in [0.25, 0.3) is 0 Å². The first-order valence-electron chi connectivity index (χ1n) is 7.85. The lowest BCUT2D eigenvalue weighted by Gasteiger charge is -2.31. The Labute approximate surface area is 142 Å². The van der Waals surface area contributed by atoms with Gasteiger partial charge in [0.2, 0.25) is 5.78 Å². The average Bonchev–Trinajstić information content (AvgIpc) is 2.56. The summed E-state index contributed by atoms with van der Waals surface area (Å²) in [6.45, 7) is 5.83. The molecule has 0 spiro atoms. The number of carbonyl (C=O) groups excluding carboxylic acids is 1. The molecule has 0 amide bonds. The fraction of sp³-hybridized carbons (Fsp3) is 0.350. The summed E-state index contributed by atoms with van der Waals surface area (Å²) < 4.78 is 16.4. The highest BCUT2D eigenvalue weighted by Crippen LogP contribution is 2.44. The van der Waals surface area contributed by atoms with Gasteiger partial charge in [-0.05, 0) is 67.1 Å². The molecular weight excluding hydrogens is 304 g/mol. The molecule has 0 atom stereocenters. The Morgan fingerprint density at radius 1 is 0.875 bits per heavy atom. The van der Waals surface area contributed by atoms with E-state index in [0.29, 0.717) is 5.76 Å². The van der Waals surface area contributed by atoms with Crippen LogP contribution in [0.15, 0.2) is 24.0 Å². The van der Waals surface area contributed by atoms with Crippen LogP contribution in [0.5, 0.6) is 11.5 Å². The van der Waals surface area contributed by atoms with Gasteiger partial charge in [-0.15, -0.1) is 0 Å². The van der Waals surface area contributed by atoms with Crippen molar-refractivity contribution < 1.29 is 19.0 Å². The summed E-state index contributed by atoms with van der Waals surface area (Å²) in [6, 6.07) is 6.02. The zero-order chi connectivity index (χ0) is 17.6. The van der Waals surface area contributed by atoms with E-state index in [2.05, 4.69) is 6.07 Å². The zero-order valence-electron chi connectivity index (χ0n) is 14.9. The van der Waals surface area contributed by atoms with Gasteiger partial charge in [-0.2, -0.15) is 0 Å². The Morgan fingerprint density at radius 3 is 2.12 bits per heavy atom. The van der Waals surface area contributed by atoms with E-state index in [4.69, 9.17) is 14.2 Å². The summed E-state index contributed by atoms with van der Waals surface area (Å²) in [5.41, 5.74) is 2.26. The molecule has 24 heavy (non-hydrogen) atoms. The molecule has 0 saturated heterocycles. The molecule has 1 aliphatic carbocycles. The minimum Gasteiger partial charge on any atom is -0.496 e. The Morgan fingerprint density at radius 2 is 1.54 bits per heavy atom. The van der Waals surface area contributed by atoms with E-state index in [9.17, 15) is 4.79 Å². The molecule has 2 aromatic carbocycles. The molecule has 0 bridgehead atoms. The van der Waals surface area contributed by atoms with Gasteiger partial charge in [0.1, 0.15) is 11.5 Å². The van der Waals surface area contributed by atoms with Crippen molar-refractivity contribution in [2.24, 2.45) is 0 Å². The largest absolute Gasteiger partial charge is 0.496 e. The Bertz CT molecular complexity index is 875. The number of rotatable bonds is 3. The third-order valence-corrected chi connectivity index (χ3v) is 4.84. The van der Waals surface area contributed by atoms with Crippen molar-refractivity contribution in [1.29, 1.82) is 0 Å². The molecule has 0 heterocycles. The maximum atomic E-state index is 12.7. The van der Waals surface area contributed by atoms with Crippen molar-refractivity contribution in [3.63, 3.8) is 0 Å². The summed E-state index contributed by atoms with van der Waals surface area (Å²) >= 11 is 0. The second-order valence-corrected chi connectivity index (χ2v) is 6.57. The molecule has 0 radical (unpaired) electrons. The monoisotopic (exact) mass is 326 g/mol. The second kappa shape index (κ2) is 5.55. The van der Waals surface area contributed by atoms with E-state index in [1.165, 1.54) is 7.11 Å². The molecule has 4 heteroatoms. The first-order chi connectivity index (χ1) is 11.3. The van der Waals surface area contributed by atoms with Crippen LogP contribution in [0.4, 0.5) is 0 Å². The molecule has 3 rings (SSSR count). The highest BCUT2D eigenvalue weighted by atomic mass is 16.5. The normalized spacial score (nSPS) is 15.8. The van der Waals surface area contributed by atoms with Crippen molar-refractivity contribution >= 4 is 22.6 Å². The first-order valence-corrected chi connectivity index (χ1v) is 7.85. The summed E-state index contributed by atoms with van der Waals surface area (Å²) in [7, 11) is 4.83. The van der Waals surface area contributed by atoms with Crippen molar-refractivity contribution in [2.75, 3.05) is 21.3 Å². The second-order valence-electron chi connectivity index (χ2n) is 6.57. The Hall–Kier alpha value is -2.49. The number of ketones is 1. The molecule has 2 aromatic rings. The fourth-order valence-electron chi connectivity index (χ4n) is 3.39. The number of allylic oxidation sites excluding steroid dienone is 1. The fourth-order valence-corrected chi connectivity index (χ4v) is 3.39. The van der Waals surface area contributed by atoms with Crippen LogP contribution < -0.4 is 9.47 Å². The quantitative estimate of drug-likeness (QED) is 0.855. The van der Waals surface area contributed by atoms with Gasteiger partial charge in [0.15, 0.2) is 5.76 Å². The first kappa shape index (κ1) is 16.4. The number of hydrogen-bond donors (Lipinski definition) is 0. The zero-order valence-corrected chi connectivity index (χ0v) is 14.9. The number of methoxy groups -OCH3 is 3. The van der Waals surface area contributed by atoms with Gasteiger partial charge < -0.3 is 14.2 Å². The summed E-state index contributed by atoms with van der Waals surface area (Å²) in [6.07, 6.45) is 1.82. The van der Waals surface area contributed by atoms with Gasteiger partial charge in [0.05, 0.1) is 26.7 Å². The van der Waals surface area contributed by atoms with E-state index < -0.39 is 5.41 Å². The van der Waals surface area contributed by atoms with Gasteiger partial charge in [-0.25, -0.2) is 0 Å². The van der Waals surface area contributed by atoms with Crippen LogP contribution in [0.1, 0.15) is 30.5 Å². The van der Waals surface area contributed by atoms with Crippen LogP contribution in [0.2, 0.25) is 0 Å². The predicted molar refractivity (Wildman–Crippen MR) is 94.8 cm³/mol. The van der Waals surface area contributed by atoms with Crippen LogP contribution in [0.3, 0.4) is 0 Å². The van der Waals surface area contributed by atoms with Crippen LogP contribution in [0.25, 0.3) is 16.8 Å². The lowest BCUT2D eigenvalue weighted by atomic mass is 9.72. The van der Waals surface area contributed by atoms with Crippen molar-refractivity contribution in [3.05, 3.63) is 40.6 Å². The molecule has 0 unspecified atom stereocenters.